The fourth-order valence-corrected chi connectivity index (χ4v) is 1.92. The van der Waals surface area contributed by atoms with Gasteiger partial charge in [-0.3, -0.25) is 0 Å². The smallest absolute Gasteiger partial charge is 0.315 e. The Morgan fingerprint density at radius 3 is 2.70 bits per heavy atom. The van der Waals surface area contributed by atoms with Crippen LogP contribution in [0.2, 0.25) is 0 Å². The van der Waals surface area contributed by atoms with Gasteiger partial charge in [0, 0.05) is 12.6 Å². The number of nitrogens with one attached hydrogen (secondary N) is 2. The van der Waals surface area contributed by atoms with Crippen LogP contribution in [0.1, 0.15) is 31.9 Å². The fourth-order valence-electron chi connectivity index (χ4n) is 1.92. The molecule has 6 heteroatoms. The molecule has 0 aliphatic rings. The normalized spacial score (nSPS) is 13.4. The molecule has 112 valence electrons. The Labute approximate surface area is 118 Å². The minimum atomic E-state index is -0.535. The van der Waals surface area contributed by atoms with E-state index in [0.29, 0.717) is 17.7 Å². The highest BCUT2D eigenvalue weighted by Crippen LogP contribution is 2.27. The maximum atomic E-state index is 13.8. The summed E-state index contributed by atoms with van der Waals surface area (Å²) in [4.78, 5) is 11.8. The van der Waals surface area contributed by atoms with Crippen molar-refractivity contribution in [3.8, 4) is 5.75 Å². The van der Waals surface area contributed by atoms with Crippen molar-refractivity contribution in [3.05, 3.63) is 29.6 Å². The molecule has 2 amide bonds. The van der Waals surface area contributed by atoms with Gasteiger partial charge in [0.05, 0.1) is 18.7 Å². The Bertz CT molecular complexity index is 454. The monoisotopic (exact) mass is 284 g/mol. The van der Waals surface area contributed by atoms with E-state index in [1.807, 2.05) is 0 Å². The summed E-state index contributed by atoms with van der Waals surface area (Å²) in [6.07, 6.45) is 0.463. The van der Waals surface area contributed by atoms with E-state index < -0.39 is 17.9 Å². The van der Waals surface area contributed by atoms with E-state index in [9.17, 15) is 9.18 Å². The molecule has 3 N–H and O–H groups in total. The van der Waals surface area contributed by atoms with Crippen LogP contribution in [-0.4, -0.2) is 30.9 Å². The molecule has 0 fully saturated rings. The first-order chi connectivity index (χ1) is 9.49. The highest BCUT2D eigenvalue weighted by Gasteiger charge is 2.18. The maximum Gasteiger partial charge on any atom is 0.315 e. The Balaban J connectivity index is 2.71. The van der Waals surface area contributed by atoms with E-state index in [1.165, 1.54) is 13.2 Å². The predicted octanol–water partition coefficient (Wildman–Crippen LogP) is 1.97. The topological polar surface area (TPSA) is 70.6 Å². The van der Waals surface area contributed by atoms with Gasteiger partial charge in [0.25, 0.3) is 0 Å². The lowest BCUT2D eigenvalue weighted by Gasteiger charge is -2.20. The van der Waals surface area contributed by atoms with Crippen molar-refractivity contribution in [1.29, 1.82) is 0 Å². The summed E-state index contributed by atoms with van der Waals surface area (Å²) < 4.78 is 18.9. The number of rotatable bonds is 6. The van der Waals surface area contributed by atoms with E-state index >= 15 is 0 Å². The lowest BCUT2D eigenvalue weighted by atomic mass is 10.1. The van der Waals surface area contributed by atoms with Gasteiger partial charge in [0.1, 0.15) is 11.6 Å². The predicted molar refractivity (Wildman–Crippen MR) is 74.2 cm³/mol. The number of hydrogen-bond donors (Lipinski definition) is 3. The SMILES string of the molecule is COc1cccc(F)c1C(C)NC(=O)N[C@H](C)CCO. The van der Waals surface area contributed by atoms with Crippen LogP contribution in [0.25, 0.3) is 0 Å². The minimum absolute atomic E-state index is 0.00185. The summed E-state index contributed by atoms with van der Waals surface area (Å²) in [5.74, 6) is -0.0400. The molecule has 0 spiro atoms. The Morgan fingerprint density at radius 1 is 1.40 bits per heavy atom. The minimum Gasteiger partial charge on any atom is -0.496 e. The van der Waals surface area contributed by atoms with Crippen molar-refractivity contribution >= 4 is 6.03 Å². The molecular weight excluding hydrogens is 263 g/mol. The molecule has 0 aliphatic carbocycles. The quantitative estimate of drug-likeness (QED) is 0.748. The van der Waals surface area contributed by atoms with E-state index in [1.54, 1.807) is 26.0 Å². The third-order valence-electron chi connectivity index (χ3n) is 2.95. The van der Waals surface area contributed by atoms with Crippen molar-refractivity contribution in [2.75, 3.05) is 13.7 Å². The Kier molecular flexibility index (Phi) is 6.24. The molecule has 0 aliphatic heterocycles. The second-order valence-electron chi connectivity index (χ2n) is 4.61. The number of halogens is 1. The van der Waals surface area contributed by atoms with Gasteiger partial charge in [0.15, 0.2) is 0 Å². The highest BCUT2D eigenvalue weighted by molar-refractivity contribution is 5.74. The molecule has 1 aromatic carbocycles. The molecule has 0 saturated heterocycles. The summed E-state index contributed by atoms with van der Waals surface area (Å²) in [5, 5.41) is 14.1. The molecule has 1 aromatic rings. The molecule has 2 atom stereocenters. The van der Waals surface area contributed by atoms with Crippen molar-refractivity contribution in [2.24, 2.45) is 0 Å². The number of methoxy groups -OCH3 is 1. The molecule has 0 bridgehead atoms. The summed E-state index contributed by atoms with van der Waals surface area (Å²) >= 11 is 0. The van der Waals surface area contributed by atoms with Gasteiger partial charge in [-0.1, -0.05) is 6.07 Å². The van der Waals surface area contributed by atoms with E-state index in [2.05, 4.69) is 10.6 Å². The molecule has 1 rings (SSSR count). The number of aliphatic hydroxyl groups is 1. The van der Waals surface area contributed by atoms with Gasteiger partial charge in [-0.25, -0.2) is 9.18 Å². The van der Waals surface area contributed by atoms with Crippen molar-refractivity contribution in [2.45, 2.75) is 32.4 Å². The second kappa shape index (κ2) is 7.69. The zero-order valence-corrected chi connectivity index (χ0v) is 11.9. The van der Waals surface area contributed by atoms with Crippen molar-refractivity contribution in [3.63, 3.8) is 0 Å². The lowest BCUT2D eigenvalue weighted by Crippen LogP contribution is -2.42. The third-order valence-corrected chi connectivity index (χ3v) is 2.95. The number of aliphatic hydroxyl groups excluding tert-OH is 1. The number of amides is 2. The Morgan fingerprint density at radius 2 is 2.10 bits per heavy atom. The standard InChI is InChI=1S/C14H21FN2O3/c1-9(7-8-18)16-14(19)17-10(2)13-11(15)5-4-6-12(13)20-3/h4-6,9-10,18H,7-8H2,1-3H3,(H2,16,17,19)/t9-,10?/m1/s1. The van der Waals surface area contributed by atoms with Gasteiger partial charge in [-0.2, -0.15) is 0 Å². The van der Waals surface area contributed by atoms with Gasteiger partial charge in [-0.15, -0.1) is 0 Å². The van der Waals surface area contributed by atoms with Crippen LogP contribution in [0.5, 0.6) is 5.75 Å². The number of carbonyl (C=O) groups excluding carboxylic acids is 1. The zero-order valence-electron chi connectivity index (χ0n) is 11.9. The summed E-state index contributed by atoms with van der Waals surface area (Å²) in [6, 6.07) is 3.41. The number of ether oxygens (including phenoxy) is 1. The largest absolute Gasteiger partial charge is 0.496 e. The average molecular weight is 284 g/mol. The number of urea groups is 1. The molecule has 0 saturated carbocycles. The molecule has 0 heterocycles. The summed E-state index contributed by atoms with van der Waals surface area (Å²) in [6.45, 7) is 3.46. The maximum absolute atomic E-state index is 13.8. The number of carbonyl (C=O) groups is 1. The first-order valence-electron chi connectivity index (χ1n) is 6.49. The van der Waals surface area contributed by atoms with Crippen LogP contribution in [-0.2, 0) is 0 Å². The number of benzene rings is 1. The van der Waals surface area contributed by atoms with Crippen LogP contribution in [0, 0.1) is 5.82 Å². The first kappa shape index (κ1) is 16.2. The van der Waals surface area contributed by atoms with Crippen molar-refractivity contribution in [1.82, 2.24) is 10.6 Å². The highest BCUT2D eigenvalue weighted by atomic mass is 19.1. The molecule has 0 aromatic heterocycles. The van der Waals surface area contributed by atoms with Crippen molar-refractivity contribution < 1.29 is 19.0 Å². The van der Waals surface area contributed by atoms with Gasteiger partial charge < -0.3 is 20.5 Å². The third kappa shape index (κ3) is 4.38. The molecule has 5 nitrogen and oxygen atoms in total. The fraction of sp³-hybridized carbons (Fsp3) is 0.500. The first-order valence-corrected chi connectivity index (χ1v) is 6.49. The number of hydrogen-bond acceptors (Lipinski definition) is 3. The average Bonchev–Trinajstić information content (AvgIpc) is 2.37. The van der Waals surface area contributed by atoms with Crippen LogP contribution in [0.15, 0.2) is 18.2 Å². The van der Waals surface area contributed by atoms with Gasteiger partial charge >= 0.3 is 6.03 Å². The molecular formula is C14H21FN2O3. The van der Waals surface area contributed by atoms with Crippen LogP contribution in [0.4, 0.5) is 9.18 Å². The molecule has 1 unspecified atom stereocenters. The van der Waals surface area contributed by atoms with E-state index in [0.717, 1.165) is 0 Å². The van der Waals surface area contributed by atoms with E-state index in [-0.39, 0.29) is 12.6 Å². The molecule has 0 radical (unpaired) electrons. The van der Waals surface area contributed by atoms with Crippen LogP contribution in [0.3, 0.4) is 0 Å². The van der Waals surface area contributed by atoms with E-state index in [4.69, 9.17) is 9.84 Å². The van der Waals surface area contributed by atoms with Crippen LogP contribution >= 0.6 is 0 Å². The summed E-state index contributed by atoms with van der Waals surface area (Å²) in [7, 11) is 1.45. The van der Waals surface area contributed by atoms with Gasteiger partial charge in [-0.05, 0) is 32.4 Å². The van der Waals surface area contributed by atoms with Gasteiger partial charge in [0.2, 0.25) is 0 Å². The lowest BCUT2D eigenvalue weighted by molar-refractivity contribution is 0.228. The van der Waals surface area contributed by atoms with Crippen LogP contribution < -0.4 is 15.4 Å². The Hall–Kier alpha value is -1.82. The zero-order chi connectivity index (χ0) is 15.1. The molecule has 20 heavy (non-hydrogen) atoms. The second-order valence-corrected chi connectivity index (χ2v) is 4.61. The summed E-state index contributed by atoms with van der Waals surface area (Å²) in [5.41, 5.74) is 0.306.